The van der Waals surface area contributed by atoms with Crippen LogP contribution in [0.25, 0.3) is 0 Å². The molecule has 0 heterocycles. The maximum absolute atomic E-state index is 8.79. The molecule has 0 amide bonds. The summed E-state index contributed by atoms with van der Waals surface area (Å²) < 4.78 is 4.58. The third-order valence-electron chi connectivity index (χ3n) is 1.74. The minimum Gasteiger partial charge on any atom is -0.288 e. The lowest BCUT2D eigenvalue weighted by Crippen LogP contribution is -2.35. The van der Waals surface area contributed by atoms with Crippen molar-refractivity contribution in [3.63, 3.8) is 0 Å². The third kappa shape index (κ3) is 3.17. The Labute approximate surface area is 74.9 Å². The van der Waals surface area contributed by atoms with E-state index < -0.39 is 8.32 Å². The highest BCUT2D eigenvalue weighted by molar-refractivity contribution is 6.74. The predicted molar refractivity (Wildman–Crippen MR) is 54.5 cm³/mol. The lowest BCUT2D eigenvalue weighted by atomic mass is 10.7. The molecular formula is C9H16O2Si. The fraction of sp³-hybridized carbons (Fsp3) is 0.333. The van der Waals surface area contributed by atoms with E-state index in [1.54, 1.807) is 18.2 Å². The summed E-state index contributed by atoms with van der Waals surface area (Å²) in [7, 11) is -2.07. The van der Waals surface area contributed by atoms with Gasteiger partial charge in [-0.2, -0.15) is 0 Å². The van der Waals surface area contributed by atoms with E-state index in [4.69, 9.17) is 5.26 Å². The maximum atomic E-state index is 8.79. The first-order valence-electron chi connectivity index (χ1n) is 3.90. The second-order valence-electron chi connectivity index (χ2n) is 2.75. The van der Waals surface area contributed by atoms with E-state index in [0.29, 0.717) is 0 Å². The first-order valence-corrected chi connectivity index (χ1v) is 6.43. The van der Waals surface area contributed by atoms with Gasteiger partial charge in [0.05, 0.1) is 0 Å². The Hall–Kier alpha value is -0.643. The van der Waals surface area contributed by atoms with E-state index in [2.05, 4.69) is 24.3 Å². The van der Waals surface area contributed by atoms with Crippen molar-refractivity contribution in [2.24, 2.45) is 0 Å². The molecule has 0 saturated carbocycles. The molecule has 0 atom stereocenters. The molecular weight excluding hydrogens is 168 g/mol. The molecule has 0 bridgehead atoms. The first-order chi connectivity index (χ1) is 5.74. The van der Waals surface area contributed by atoms with Gasteiger partial charge in [0, 0.05) is 0 Å². The van der Waals surface area contributed by atoms with E-state index in [0.717, 1.165) is 18.1 Å². The molecule has 0 saturated heterocycles. The Balaban J connectivity index is 4.35. The Morgan fingerprint density at radius 1 is 1.00 bits per heavy atom. The minimum atomic E-state index is -2.07. The summed E-state index contributed by atoms with van der Waals surface area (Å²) in [5.74, 6) is 0. The van der Waals surface area contributed by atoms with Gasteiger partial charge in [-0.1, -0.05) is 18.2 Å². The number of rotatable bonds is 7. The fourth-order valence-corrected chi connectivity index (χ4v) is 3.45. The highest BCUT2D eigenvalue weighted by Crippen LogP contribution is 2.22. The molecule has 2 nitrogen and oxygen atoms in total. The van der Waals surface area contributed by atoms with Crippen molar-refractivity contribution in [2.75, 3.05) is 0 Å². The topological polar surface area (TPSA) is 29.5 Å². The van der Waals surface area contributed by atoms with Crippen molar-refractivity contribution in [1.82, 2.24) is 0 Å². The van der Waals surface area contributed by atoms with E-state index in [9.17, 15) is 0 Å². The normalized spacial score (nSPS) is 10.8. The summed E-state index contributed by atoms with van der Waals surface area (Å²) in [6.45, 7) is 10.9. The second-order valence-corrected chi connectivity index (χ2v) is 6.53. The molecule has 3 heteroatoms. The van der Waals surface area contributed by atoms with Crippen LogP contribution in [0.2, 0.25) is 18.1 Å². The smallest absolute Gasteiger partial charge is 0.249 e. The molecule has 0 unspecified atom stereocenters. The summed E-state index contributed by atoms with van der Waals surface area (Å²) in [5.41, 5.74) is 0. The van der Waals surface area contributed by atoms with E-state index in [-0.39, 0.29) is 0 Å². The number of allylic oxidation sites excluding steroid dienone is 3. The SMILES string of the molecule is C=CC[Si](CC=C)(CC=C)OO. The third-order valence-corrected chi connectivity index (χ3v) is 5.23. The van der Waals surface area contributed by atoms with Crippen LogP contribution in [0.4, 0.5) is 0 Å². The van der Waals surface area contributed by atoms with Crippen LogP contribution in [0.5, 0.6) is 0 Å². The van der Waals surface area contributed by atoms with Crippen LogP contribution in [-0.2, 0) is 4.58 Å². The lowest BCUT2D eigenvalue weighted by Gasteiger charge is -2.23. The summed E-state index contributed by atoms with van der Waals surface area (Å²) in [5, 5.41) is 8.79. The van der Waals surface area contributed by atoms with Crippen molar-refractivity contribution < 1.29 is 9.83 Å². The van der Waals surface area contributed by atoms with Gasteiger partial charge in [0.25, 0.3) is 0 Å². The maximum Gasteiger partial charge on any atom is 0.249 e. The lowest BCUT2D eigenvalue weighted by molar-refractivity contribution is -0.151. The van der Waals surface area contributed by atoms with Crippen LogP contribution in [0.15, 0.2) is 38.0 Å². The van der Waals surface area contributed by atoms with Gasteiger partial charge in [0.1, 0.15) is 0 Å². The molecule has 12 heavy (non-hydrogen) atoms. The zero-order valence-corrected chi connectivity index (χ0v) is 8.33. The van der Waals surface area contributed by atoms with Gasteiger partial charge in [0.2, 0.25) is 8.32 Å². The van der Waals surface area contributed by atoms with Gasteiger partial charge in [0.15, 0.2) is 0 Å². The molecule has 0 rings (SSSR count). The highest BCUT2D eigenvalue weighted by Gasteiger charge is 2.31. The van der Waals surface area contributed by atoms with E-state index in [1.807, 2.05) is 0 Å². The molecule has 0 aromatic carbocycles. The van der Waals surface area contributed by atoms with Gasteiger partial charge in [-0.05, 0) is 18.1 Å². The average Bonchev–Trinajstić information content (AvgIpc) is 2.06. The van der Waals surface area contributed by atoms with Crippen molar-refractivity contribution in [1.29, 1.82) is 0 Å². The van der Waals surface area contributed by atoms with Gasteiger partial charge in [-0.3, -0.25) is 9.83 Å². The molecule has 0 aromatic rings. The van der Waals surface area contributed by atoms with Gasteiger partial charge in [-0.15, -0.1) is 19.7 Å². The molecule has 0 radical (unpaired) electrons. The Kier molecular flexibility index (Phi) is 5.62. The summed E-state index contributed by atoms with van der Waals surface area (Å²) in [6, 6.07) is 2.17. The van der Waals surface area contributed by atoms with Crippen LogP contribution in [0, 0.1) is 0 Å². The average molecular weight is 184 g/mol. The van der Waals surface area contributed by atoms with Crippen LogP contribution in [0.3, 0.4) is 0 Å². The zero-order chi connectivity index (χ0) is 9.45. The summed E-state index contributed by atoms with van der Waals surface area (Å²) >= 11 is 0. The van der Waals surface area contributed by atoms with Crippen LogP contribution in [0.1, 0.15) is 0 Å². The number of hydrogen-bond acceptors (Lipinski definition) is 2. The van der Waals surface area contributed by atoms with E-state index >= 15 is 0 Å². The molecule has 0 aliphatic heterocycles. The highest BCUT2D eigenvalue weighted by atomic mass is 28.4. The molecule has 0 aromatic heterocycles. The first kappa shape index (κ1) is 11.4. The van der Waals surface area contributed by atoms with Crippen molar-refractivity contribution in [2.45, 2.75) is 18.1 Å². The molecule has 1 N–H and O–H groups in total. The number of hydrogen-bond donors (Lipinski definition) is 1. The quantitative estimate of drug-likeness (QED) is 0.285. The molecule has 0 aliphatic carbocycles. The fourth-order valence-electron chi connectivity index (χ4n) is 1.15. The molecule has 0 spiro atoms. The summed E-state index contributed by atoms with van der Waals surface area (Å²) in [6.07, 6.45) is 5.32. The largest absolute Gasteiger partial charge is 0.288 e. The van der Waals surface area contributed by atoms with Crippen LogP contribution < -0.4 is 0 Å². The van der Waals surface area contributed by atoms with Crippen molar-refractivity contribution >= 4 is 8.32 Å². The zero-order valence-electron chi connectivity index (χ0n) is 7.33. The molecule has 68 valence electrons. The van der Waals surface area contributed by atoms with Crippen LogP contribution in [-0.4, -0.2) is 13.6 Å². The van der Waals surface area contributed by atoms with E-state index in [1.165, 1.54) is 0 Å². The molecule has 0 aliphatic rings. The Morgan fingerprint density at radius 2 is 1.33 bits per heavy atom. The second kappa shape index (κ2) is 5.94. The predicted octanol–water partition coefficient (Wildman–Crippen LogP) is 2.98. The minimum absolute atomic E-state index is 0.724. The van der Waals surface area contributed by atoms with Crippen LogP contribution >= 0.6 is 0 Å². The van der Waals surface area contributed by atoms with Gasteiger partial charge in [-0.25, -0.2) is 0 Å². The van der Waals surface area contributed by atoms with Gasteiger partial charge < -0.3 is 0 Å². The molecule has 0 fully saturated rings. The van der Waals surface area contributed by atoms with Gasteiger partial charge >= 0.3 is 0 Å². The Morgan fingerprint density at radius 3 is 1.50 bits per heavy atom. The Bertz CT molecular complexity index is 139. The van der Waals surface area contributed by atoms with Crippen molar-refractivity contribution in [3.05, 3.63) is 38.0 Å². The standard InChI is InChI=1S/C9H16O2Si/c1-4-7-12(11-10,8-5-2)9-6-3/h4-6,10H,1-3,7-9H2. The summed E-state index contributed by atoms with van der Waals surface area (Å²) in [4.78, 5) is 0. The van der Waals surface area contributed by atoms with Crippen molar-refractivity contribution in [3.8, 4) is 0 Å². The monoisotopic (exact) mass is 184 g/mol.